The van der Waals surface area contributed by atoms with Gasteiger partial charge in [-0.05, 0) is 25.1 Å². The molecular weight excluding hydrogens is 328 g/mol. The Morgan fingerprint density at radius 2 is 2.12 bits per heavy atom. The zero-order valence-electron chi connectivity index (χ0n) is 15.0. The minimum atomic E-state index is 0.0602. The molecule has 1 aliphatic rings. The van der Waals surface area contributed by atoms with Crippen LogP contribution in [0, 0.1) is 0 Å². The van der Waals surface area contributed by atoms with Gasteiger partial charge >= 0.3 is 0 Å². The fraction of sp³-hybridized carbons (Fsp3) is 0.316. The van der Waals surface area contributed by atoms with Crippen molar-refractivity contribution in [3.05, 3.63) is 55.1 Å². The zero-order chi connectivity index (χ0) is 17.9. The minimum Gasteiger partial charge on any atom is -0.485 e. The van der Waals surface area contributed by atoms with Crippen LogP contribution in [0.15, 0.2) is 55.1 Å². The second-order valence-corrected chi connectivity index (χ2v) is 6.31. The Hall–Kier alpha value is -3.09. The maximum Gasteiger partial charge on any atom is 0.173 e. The van der Waals surface area contributed by atoms with Gasteiger partial charge in [0.05, 0.1) is 31.2 Å². The van der Waals surface area contributed by atoms with Crippen molar-refractivity contribution in [3.63, 3.8) is 0 Å². The van der Waals surface area contributed by atoms with Crippen LogP contribution in [0.4, 0.5) is 11.5 Å². The van der Waals surface area contributed by atoms with Gasteiger partial charge < -0.3 is 14.5 Å². The van der Waals surface area contributed by atoms with E-state index in [2.05, 4.69) is 37.9 Å². The van der Waals surface area contributed by atoms with Gasteiger partial charge in [-0.2, -0.15) is 5.10 Å². The molecule has 3 heterocycles. The Labute approximate surface area is 152 Å². The molecule has 134 valence electrons. The summed E-state index contributed by atoms with van der Waals surface area (Å²) in [5.74, 6) is 2.43. The van der Waals surface area contributed by atoms with Gasteiger partial charge in [-0.25, -0.2) is 9.67 Å². The average Bonchev–Trinajstić information content (AvgIpc) is 3.22. The molecule has 0 amide bonds. The molecule has 0 unspecified atom stereocenters. The van der Waals surface area contributed by atoms with Crippen molar-refractivity contribution in [3.8, 4) is 11.6 Å². The molecule has 7 nitrogen and oxygen atoms in total. The van der Waals surface area contributed by atoms with E-state index < -0.39 is 0 Å². The predicted molar refractivity (Wildman–Crippen MR) is 101 cm³/mol. The lowest BCUT2D eigenvalue weighted by atomic mass is 10.2. The normalized spacial score (nSPS) is 16.1. The summed E-state index contributed by atoms with van der Waals surface area (Å²) in [6, 6.07) is 10.1. The van der Waals surface area contributed by atoms with Crippen LogP contribution in [-0.4, -0.2) is 52.5 Å². The van der Waals surface area contributed by atoms with Crippen LogP contribution in [0.1, 0.15) is 6.92 Å². The van der Waals surface area contributed by atoms with Crippen LogP contribution in [0.3, 0.4) is 0 Å². The number of anilines is 2. The lowest BCUT2D eigenvalue weighted by Gasteiger charge is -2.37. The van der Waals surface area contributed by atoms with Crippen LogP contribution < -0.4 is 14.5 Å². The number of rotatable bonds is 5. The minimum absolute atomic E-state index is 0.0602. The highest BCUT2D eigenvalue weighted by molar-refractivity contribution is 5.60. The molecule has 26 heavy (non-hydrogen) atoms. The van der Waals surface area contributed by atoms with E-state index in [9.17, 15) is 0 Å². The third kappa shape index (κ3) is 3.20. The molecule has 2 aromatic heterocycles. The van der Waals surface area contributed by atoms with Crippen LogP contribution in [-0.2, 0) is 0 Å². The van der Waals surface area contributed by atoms with Crippen molar-refractivity contribution < 1.29 is 4.74 Å². The molecular formula is C19H22N6O. The Kier molecular flexibility index (Phi) is 4.43. The van der Waals surface area contributed by atoms with Crippen molar-refractivity contribution in [2.45, 2.75) is 13.0 Å². The van der Waals surface area contributed by atoms with Crippen molar-refractivity contribution in [1.29, 1.82) is 0 Å². The monoisotopic (exact) mass is 350 g/mol. The maximum absolute atomic E-state index is 6.21. The van der Waals surface area contributed by atoms with E-state index in [0.29, 0.717) is 5.82 Å². The highest BCUT2D eigenvalue weighted by Crippen LogP contribution is 2.33. The van der Waals surface area contributed by atoms with E-state index in [1.165, 1.54) is 0 Å². The number of hydrogen-bond acceptors (Lipinski definition) is 6. The summed E-state index contributed by atoms with van der Waals surface area (Å²) in [6.45, 7) is 4.70. The molecule has 0 saturated heterocycles. The second kappa shape index (κ2) is 7.03. The third-order valence-corrected chi connectivity index (χ3v) is 4.52. The molecule has 0 saturated carbocycles. The quantitative estimate of drug-likeness (QED) is 0.704. The smallest absolute Gasteiger partial charge is 0.173 e. The molecule has 0 bridgehead atoms. The van der Waals surface area contributed by atoms with Crippen molar-refractivity contribution in [1.82, 2.24) is 19.7 Å². The standard InChI is InChI=1S/C19H22N6O/c1-3-24-14-15(26-17-8-5-4-7-16(17)24)13-23(2)18-11-20-12-19(22-18)25-10-6-9-21-25/h4-12,15H,3,13-14H2,1-2H3/t15-/m0/s1. The van der Waals surface area contributed by atoms with Crippen LogP contribution >= 0.6 is 0 Å². The van der Waals surface area contributed by atoms with E-state index >= 15 is 0 Å². The fourth-order valence-corrected chi connectivity index (χ4v) is 3.22. The Morgan fingerprint density at radius 1 is 1.23 bits per heavy atom. The van der Waals surface area contributed by atoms with Gasteiger partial charge in [-0.1, -0.05) is 12.1 Å². The zero-order valence-corrected chi connectivity index (χ0v) is 15.0. The first-order chi connectivity index (χ1) is 12.7. The van der Waals surface area contributed by atoms with Gasteiger partial charge in [0.2, 0.25) is 0 Å². The van der Waals surface area contributed by atoms with E-state index in [4.69, 9.17) is 4.74 Å². The number of nitrogens with zero attached hydrogens (tertiary/aromatic N) is 6. The van der Waals surface area contributed by atoms with Gasteiger partial charge in [0, 0.05) is 26.0 Å². The van der Waals surface area contributed by atoms with E-state index in [0.717, 1.165) is 36.9 Å². The largest absolute Gasteiger partial charge is 0.485 e. The first-order valence-corrected chi connectivity index (χ1v) is 8.78. The number of aromatic nitrogens is 4. The Balaban J connectivity index is 1.50. The summed E-state index contributed by atoms with van der Waals surface area (Å²) in [7, 11) is 2.01. The first-order valence-electron chi connectivity index (χ1n) is 8.78. The summed E-state index contributed by atoms with van der Waals surface area (Å²) in [5.41, 5.74) is 1.16. The number of para-hydroxylation sites is 2. The molecule has 4 rings (SSSR count). The van der Waals surface area contributed by atoms with Crippen molar-refractivity contribution in [2.75, 3.05) is 36.5 Å². The second-order valence-electron chi connectivity index (χ2n) is 6.31. The summed E-state index contributed by atoms with van der Waals surface area (Å²) < 4.78 is 7.91. The lowest BCUT2D eigenvalue weighted by molar-refractivity contribution is 0.200. The molecule has 3 aromatic rings. The van der Waals surface area contributed by atoms with Gasteiger partial charge in [0.25, 0.3) is 0 Å². The molecule has 1 atom stereocenters. The topological polar surface area (TPSA) is 59.3 Å². The van der Waals surface area contributed by atoms with Gasteiger partial charge in [0.1, 0.15) is 17.7 Å². The highest BCUT2D eigenvalue weighted by atomic mass is 16.5. The van der Waals surface area contributed by atoms with E-state index in [1.54, 1.807) is 23.3 Å². The number of fused-ring (bicyclic) bond motifs is 1. The van der Waals surface area contributed by atoms with Crippen LogP contribution in [0.5, 0.6) is 5.75 Å². The predicted octanol–water partition coefficient (Wildman–Crippen LogP) is 2.39. The van der Waals surface area contributed by atoms with Crippen LogP contribution in [0.25, 0.3) is 5.82 Å². The number of hydrogen-bond donors (Lipinski definition) is 0. The number of likely N-dealkylation sites (N-methyl/N-ethyl adjacent to an activating group) is 2. The van der Waals surface area contributed by atoms with E-state index in [1.807, 2.05) is 37.5 Å². The molecule has 0 radical (unpaired) electrons. The SMILES string of the molecule is CCN1C[C@H](CN(C)c2cncc(-n3cccn3)n2)Oc2ccccc21. The average molecular weight is 350 g/mol. The molecule has 0 aliphatic carbocycles. The lowest BCUT2D eigenvalue weighted by Crippen LogP contribution is -2.45. The summed E-state index contributed by atoms with van der Waals surface area (Å²) >= 11 is 0. The first kappa shape index (κ1) is 16.4. The van der Waals surface area contributed by atoms with Crippen molar-refractivity contribution in [2.24, 2.45) is 0 Å². The highest BCUT2D eigenvalue weighted by Gasteiger charge is 2.25. The molecule has 0 N–H and O–H groups in total. The number of ether oxygens (including phenoxy) is 1. The molecule has 1 aromatic carbocycles. The summed E-state index contributed by atoms with van der Waals surface area (Å²) in [4.78, 5) is 13.4. The van der Waals surface area contributed by atoms with E-state index in [-0.39, 0.29) is 6.10 Å². The van der Waals surface area contributed by atoms with Gasteiger partial charge in [0.15, 0.2) is 5.82 Å². The molecule has 7 heteroatoms. The fourth-order valence-electron chi connectivity index (χ4n) is 3.22. The summed E-state index contributed by atoms with van der Waals surface area (Å²) in [5, 5.41) is 4.21. The van der Waals surface area contributed by atoms with Gasteiger partial charge in [-0.15, -0.1) is 0 Å². The van der Waals surface area contributed by atoms with Crippen molar-refractivity contribution >= 4 is 11.5 Å². The van der Waals surface area contributed by atoms with Crippen LogP contribution in [0.2, 0.25) is 0 Å². The summed E-state index contributed by atoms with van der Waals surface area (Å²) in [6.07, 6.45) is 7.11. The molecule has 0 spiro atoms. The Bertz CT molecular complexity index is 866. The van der Waals surface area contributed by atoms with Gasteiger partial charge in [-0.3, -0.25) is 4.98 Å². The maximum atomic E-state index is 6.21. The molecule has 0 fully saturated rings. The Morgan fingerprint density at radius 3 is 2.92 bits per heavy atom. The third-order valence-electron chi connectivity index (χ3n) is 4.52. The number of benzene rings is 1. The molecule has 1 aliphatic heterocycles.